The zero-order chi connectivity index (χ0) is 12.8. The molecular weight excluding hydrogens is 290 g/mol. The topological polar surface area (TPSA) is 71.5 Å². The van der Waals surface area contributed by atoms with Gasteiger partial charge in [0.25, 0.3) is 0 Å². The summed E-state index contributed by atoms with van der Waals surface area (Å²) in [5.41, 5.74) is 6.93. The Morgan fingerprint density at radius 2 is 2.06 bits per heavy atom. The predicted molar refractivity (Wildman–Crippen MR) is 66.5 cm³/mol. The van der Waals surface area contributed by atoms with Crippen LogP contribution in [0.25, 0.3) is 0 Å². The van der Waals surface area contributed by atoms with E-state index in [4.69, 9.17) is 19.9 Å². The lowest BCUT2D eigenvalue weighted by atomic mass is 10.2. The largest absolute Gasteiger partial charge is 0.383 e. The molecule has 0 spiro atoms. The van der Waals surface area contributed by atoms with Gasteiger partial charge in [0.15, 0.2) is 6.29 Å². The van der Waals surface area contributed by atoms with E-state index in [2.05, 4.69) is 21.0 Å². The lowest BCUT2D eigenvalue weighted by Crippen LogP contribution is -2.32. The third kappa shape index (κ3) is 3.49. The number of halogens is 1. The van der Waals surface area contributed by atoms with Crippen molar-refractivity contribution >= 4 is 15.9 Å². The first-order chi connectivity index (χ1) is 8.15. The quantitative estimate of drug-likeness (QED) is 0.758. The highest BCUT2D eigenvalue weighted by atomic mass is 79.9. The van der Waals surface area contributed by atoms with Crippen molar-refractivity contribution in [2.45, 2.75) is 18.9 Å². The average molecular weight is 308 g/mol. The molecule has 0 bridgehead atoms. The fourth-order valence-corrected chi connectivity index (χ4v) is 2.14. The summed E-state index contributed by atoms with van der Waals surface area (Å²) in [5, 5.41) is 4.22. The second-order valence-electron chi connectivity index (χ2n) is 3.46. The van der Waals surface area contributed by atoms with Gasteiger partial charge in [0, 0.05) is 21.3 Å². The number of hydrogen-bond acceptors (Lipinski definition) is 5. The van der Waals surface area contributed by atoms with Crippen LogP contribution in [0.1, 0.15) is 11.7 Å². The third-order valence-electron chi connectivity index (χ3n) is 2.41. The smallest absolute Gasteiger partial charge is 0.177 e. The monoisotopic (exact) mass is 307 g/mol. The van der Waals surface area contributed by atoms with E-state index in [0.29, 0.717) is 13.2 Å². The van der Waals surface area contributed by atoms with E-state index >= 15 is 0 Å². The molecule has 0 aliphatic rings. The minimum absolute atomic E-state index is 0.418. The van der Waals surface area contributed by atoms with Crippen molar-refractivity contribution in [1.29, 1.82) is 0 Å². The summed E-state index contributed by atoms with van der Waals surface area (Å²) >= 11 is 3.42. The normalized spacial score (nSPS) is 13.3. The zero-order valence-corrected chi connectivity index (χ0v) is 11.8. The number of aromatic nitrogens is 2. The van der Waals surface area contributed by atoms with Gasteiger partial charge in [-0.1, -0.05) is 0 Å². The fraction of sp³-hybridized carbons (Fsp3) is 0.700. The van der Waals surface area contributed by atoms with Crippen LogP contribution in [0.15, 0.2) is 10.7 Å². The molecule has 1 aromatic rings. The summed E-state index contributed by atoms with van der Waals surface area (Å²) in [7, 11) is 4.75. The number of methoxy groups -OCH3 is 3. The molecule has 1 aromatic heterocycles. The Morgan fingerprint density at radius 1 is 1.41 bits per heavy atom. The van der Waals surface area contributed by atoms with Gasteiger partial charge < -0.3 is 19.9 Å². The van der Waals surface area contributed by atoms with Crippen LogP contribution in [-0.4, -0.2) is 44.0 Å². The van der Waals surface area contributed by atoms with Crippen LogP contribution in [0.3, 0.4) is 0 Å². The highest BCUT2D eigenvalue weighted by Gasteiger charge is 2.24. The van der Waals surface area contributed by atoms with Crippen LogP contribution in [0, 0.1) is 0 Å². The van der Waals surface area contributed by atoms with Crippen molar-refractivity contribution in [3.63, 3.8) is 0 Å². The number of hydrogen-bond donors (Lipinski definition) is 1. The molecule has 7 heteroatoms. The Kier molecular flexibility index (Phi) is 6.07. The highest BCUT2D eigenvalue weighted by molar-refractivity contribution is 9.10. The summed E-state index contributed by atoms with van der Waals surface area (Å²) in [6, 6.07) is -0.418. The molecule has 0 aromatic carbocycles. The molecule has 0 fully saturated rings. The summed E-state index contributed by atoms with van der Waals surface area (Å²) in [6.07, 6.45) is 1.19. The van der Waals surface area contributed by atoms with Crippen molar-refractivity contribution in [2.75, 3.05) is 27.9 Å². The lowest BCUT2D eigenvalue weighted by Gasteiger charge is -2.22. The second kappa shape index (κ2) is 7.07. The van der Waals surface area contributed by atoms with E-state index in [0.717, 1.165) is 10.2 Å². The van der Waals surface area contributed by atoms with Gasteiger partial charge in [-0.15, -0.1) is 0 Å². The second-order valence-corrected chi connectivity index (χ2v) is 4.31. The van der Waals surface area contributed by atoms with E-state index in [-0.39, 0.29) is 0 Å². The average Bonchev–Trinajstić information content (AvgIpc) is 2.69. The van der Waals surface area contributed by atoms with E-state index in [9.17, 15) is 0 Å². The first-order valence-electron chi connectivity index (χ1n) is 5.17. The fourth-order valence-electron chi connectivity index (χ4n) is 1.58. The van der Waals surface area contributed by atoms with Crippen LogP contribution < -0.4 is 5.73 Å². The maximum atomic E-state index is 6.10. The van der Waals surface area contributed by atoms with Gasteiger partial charge in [-0.2, -0.15) is 5.10 Å². The zero-order valence-electron chi connectivity index (χ0n) is 10.2. The molecule has 0 amide bonds. The maximum Gasteiger partial charge on any atom is 0.177 e. The molecule has 0 saturated heterocycles. The first kappa shape index (κ1) is 14.6. The Hall–Kier alpha value is -0.470. The van der Waals surface area contributed by atoms with Crippen LogP contribution in [-0.2, 0) is 20.8 Å². The molecule has 0 aliphatic carbocycles. The molecule has 0 saturated carbocycles. The Bertz CT molecular complexity index is 342. The van der Waals surface area contributed by atoms with Crippen molar-refractivity contribution < 1.29 is 14.2 Å². The molecule has 0 radical (unpaired) electrons. The molecule has 1 atom stereocenters. The summed E-state index contributed by atoms with van der Waals surface area (Å²) in [6.45, 7) is 1.20. The van der Waals surface area contributed by atoms with E-state index in [1.807, 2.05) is 0 Å². The van der Waals surface area contributed by atoms with Gasteiger partial charge in [0.2, 0.25) is 0 Å². The minimum Gasteiger partial charge on any atom is -0.383 e. The Labute approximate surface area is 109 Å². The maximum absolute atomic E-state index is 6.10. The Balaban J connectivity index is 2.90. The standard InChI is InChI=1S/C10H18BrN3O3/c1-15-5-4-14-9(7(11)6-13-14)8(12)10(16-2)17-3/h6,8,10H,4-5,12H2,1-3H3. The van der Waals surface area contributed by atoms with E-state index in [1.165, 1.54) is 0 Å². The van der Waals surface area contributed by atoms with Crippen LogP contribution in [0.2, 0.25) is 0 Å². The molecule has 0 aliphatic heterocycles. The number of rotatable bonds is 7. The summed E-state index contributed by atoms with van der Waals surface area (Å²) in [5.74, 6) is 0. The molecule has 6 nitrogen and oxygen atoms in total. The molecule has 17 heavy (non-hydrogen) atoms. The van der Waals surface area contributed by atoms with Crippen molar-refractivity contribution in [1.82, 2.24) is 9.78 Å². The van der Waals surface area contributed by atoms with Gasteiger partial charge in [-0.25, -0.2) is 0 Å². The van der Waals surface area contributed by atoms with Crippen molar-refractivity contribution in [3.8, 4) is 0 Å². The van der Waals surface area contributed by atoms with Gasteiger partial charge >= 0.3 is 0 Å². The lowest BCUT2D eigenvalue weighted by molar-refractivity contribution is -0.118. The van der Waals surface area contributed by atoms with Crippen LogP contribution in [0.5, 0.6) is 0 Å². The van der Waals surface area contributed by atoms with Crippen molar-refractivity contribution in [2.24, 2.45) is 5.73 Å². The number of nitrogens with zero attached hydrogens (tertiary/aromatic N) is 2. The van der Waals surface area contributed by atoms with E-state index in [1.54, 1.807) is 32.2 Å². The molecule has 1 heterocycles. The molecule has 98 valence electrons. The highest BCUT2D eigenvalue weighted by Crippen LogP contribution is 2.25. The predicted octanol–water partition coefficient (Wildman–Crippen LogP) is 0.911. The summed E-state index contributed by atoms with van der Waals surface area (Å²) in [4.78, 5) is 0. The molecule has 1 rings (SSSR count). The first-order valence-corrected chi connectivity index (χ1v) is 5.96. The third-order valence-corrected chi connectivity index (χ3v) is 3.03. The number of nitrogens with two attached hydrogens (primary N) is 1. The van der Waals surface area contributed by atoms with Crippen LogP contribution in [0.4, 0.5) is 0 Å². The Morgan fingerprint density at radius 3 is 2.59 bits per heavy atom. The van der Waals surface area contributed by atoms with Crippen molar-refractivity contribution in [3.05, 3.63) is 16.4 Å². The summed E-state index contributed by atoms with van der Waals surface area (Å²) < 4.78 is 18.0. The molecular formula is C10H18BrN3O3. The SMILES string of the molecule is COCCn1ncc(Br)c1C(N)C(OC)OC. The van der Waals surface area contributed by atoms with Gasteiger partial charge in [-0.05, 0) is 15.9 Å². The van der Waals surface area contributed by atoms with E-state index < -0.39 is 12.3 Å². The van der Waals surface area contributed by atoms with Gasteiger partial charge in [-0.3, -0.25) is 4.68 Å². The minimum atomic E-state index is -0.510. The van der Waals surface area contributed by atoms with Gasteiger partial charge in [0.1, 0.15) is 0 Å². The van der Waals surface area contributed by atoms with Gasteiger partial charge in [0.05, 0.1) is 35.6 Å². The van der Waals surface area contributed by atoms with Crippen LogP contribution >= 0.6 is 15.9 Å². The molecule has 1 unspecified atom stereocenters. The molecule has 2 N–H and O–H groups in total. The number of ether oxygens (including phenoxy) is 3.